The monoisotopic (exact) mass is 272 g/mol. The third-order valence-corrected chi connectivity index (χ3v) is 2.37. The van der Waals surface area contributed by atoms with Crippen LogP contribution in [0.2, 0.25) is 0 Å². The van der Waals surface area contributed by atoms with Crippen LogP contribution in [0.15, 0.2) is 12.1 Å². The summed E-state index contributed by atoms with van der Waals surface area (Å²) in [5.41, 5.74) is 5.31. The number of halogens is 1. The Balaban J connectivity index is 2.83. The molecule has 0 amide bonds. The fourth-order valence-corrected chi connectivity index (χ4v) is 1.35. The third-order valence-electron chi connectivity index (χ3n) is 2.37. The number of benzene rings is 1. The van der Waals surface area contributed by atoms with Gasteiger partial charge in [0, 0.05) is 5.56 Å². The molecule has 0 aliphatic carbocycles. The van der Waals surface area contributed by atoms with Crippen LogP contribution in [0.25, 0.3) is 0 Å². The number of rotatable bonds is 5. The summed E-state index contributed by atoms with van der Waals surface area (Å²) < 4.78 is 22.9. The Hall–Kier alpha value is -2.22. The molecule has 1 rings (SSSR count). The number of nitro groups is 1. The number of carbonyl (C=O) groups is 1. The van der Waals surface area contributed by atoms with Crippen LogP contribution >= 0.6 is 0 Å². The van der Waals surface area contributed by atoms with Crippen molar-refractivity contribution in [1.29, 1.82) is 0 Å². The van der Waals surface area contributed by atoms with Gasteiger partial charge in [0.05, 0.1) is 18.1 Å². The van der Waals surface area contributed by atoms with Gasteiger partial charge in [-0.2, -0.15) is 0 Å². The van der Waals surface area contributed by atoms with Crippen molar-refractivity contribution in [2.24, 2.45) is 5.73 Å². The van der Waals surface area contributed by atoms with Crippen molar-refractivity contribution in [3.05, 3.63) is 33.6 Å². The fourth-order valence-electron chi connectivity index (χ4n) is 1.35. The molecule has 0 radical (unpaired) electrons. The van der Waals surface area contributed by atoms with E-state index in [0.29, 0.717) is 0 Å². The average molecular weight is 272 g/mol. The number of carbonyl (C=O) groups excluding carboxylic acids is 1. The van der Waals surface area contributed by atoms with E-state index < -0.39 is 22.8 Å². The summed E-state index contributed by atoms with van der Waals surface area (Å²) >= 11 is 0. The van der Waals surface area contributed by atoms with Gasteiger partial charge in [0.15, 0.2) is 11.6 Å². The van der Waals surface area contributed by atoms with Crippen LogP contribution in [0.1, 0.15) is 5.56 Å². The maximum Gasteiger partial charge on any atom is 0.326 e. The van der Waals surface area contributed by atoms with Crippen molar-refractivity contribution < 1.29 is 23.6 Å². The van der Waals surface area contributed by atoms with Crippen molar-refractivity contribution >= 4 is 11.7 Å². The second-order valence-electron chi connectivity index (χ2n) is 3.77. The van der Waals surface area contributed by atoms with Gasteiger partial charge >= 0.3 is 5.97 Å². The highest BCUT2D eigenvalue weighted by molar-refractivity contribution is 5.75. The van der Waals surface area contributed by atoms with E-state index in [9.17, 15) is 19.3 Å². The number of esters is 1. The number of nitrogens with zero attached hydrogens (tertiary/aromatic N) is 1. The van der Waals surface area contributed by atoms with Crippen LogP contribution in [-0.4, -0.2) is 30.7 Å². The first-order chi connectivity index (χ1) is 8.86. The number of nitro benzene ring substituents is 1. The summed E-state index contributed by atoms with van der Waals surface area (Å²) in [6.07, 6.45) is 0. The van der Waals surface area contributed by atoms with Crippen LogP contribution in [0.4, 0.5) is 10.1 Å². The number of nitrogens with two attached hydrogens (primary N) is 1. The number of aryl methyl sites for hydroxylation is 1. The quantitative estimate of drug-likeness (QED) is 0.485. The lowest BCUT2D eigenvalue weighted by molar-refractivity contribution is -0.385. The van der Waals surface area contributed by atoms with Gasteiger partial charge < -0.3 is 15.2 Å². The van der Waals surface area contributed by atoms with E-state index in [4.69, 9.17) is 10.5 Å². The summed E-state index contributed by atoms with van der Waals surface area (Å²) in [5.74, 6) is -1.80. The zero-order valence-electron chi connectivity index (χ0n) is 10.4. The molecule has 0 aliphatic heterocycles. The first kappa shape index (κ1) is 14.8. The highest BCUT2D eigenvalue weighted by Crippen LogP contribution is 2.26. The fraction of sp³-hybridized carbons (Fsp3) is 0.364. The largest absolute Gasteiger partial charge is 0.488 e. The molecule has 0 saturated carbocycles. The average Bonchev–Trinajstić information content (AvgIpc) is 2.37. The van der Waals surface area contributed by atoms with Gasteiger partial charge in [-0.05, 0) is 13.0 Å². The van der Waals surface area contributed by atoms with Crippen LogP contribution in [0.3, 0.4) is 0 Å². The predicted molar refractivity (Wildman–Crippen MR) is 63.3 cm³/mol. The molecule has 0 saturated heterocycles. The minimum absolute atomic E-state index is 0.206. The summed E-state index contributed by atoms with van der Waals surface area (Å²) in [7, 11) is 1.17. The number of methoxy groups -OCH3 is 1. The normalized spacial score (nSPS) is 11.8. The molecule has 104 valence electrons. The molecule has 0 bridgehead atoms. The number of hydrogen-bond donors (Lipinski definition) is 1. The Labute approximate surface area is 108 Å². The molecule has 8 heteroatoms. The summed E-state index contributed by atoms with van der Waals surface area (Å²) in [6.45, 7) is 1.16. The van der Waals surface area contributed by atoms with E-state index in [1.54, 1.807) is 0 Å². The number of ether oxygens (including phenoxy) is 2. The minimum Gasteiger partial charge on any atom is -0.488 e. The zero-order chi connectivity index (χ0) is 14.6. The lowest BCUT2D eigenvalue weighted by Gasteiger charge is -2.12. The van der Waals surface area contributed by atoms with Gasteiger partial charge in [-0.25, -0.2) is 4.39 Å². The standard InChI is InChI=1S/C11H13FN2O5/c1-6-3-10(7(12)4-9(6)14(16)17)19-5-8(13)11(15)18-2/h3-4,8H,5,13H2,1-2H3. The van der Waals surface area contributed by atoms with Gasteiger partial charge in [-0.3, -0.25) is 14.9 Å². The molecular weight excluding hydrogens is 259 g/mol. The molecule has 1 aromatic carbocycles. The van der Waals surface area contributed by atoms with Gasteiger partial charge in [0.25, 0.3) is 5.69 Å². The van der Waals surface area contributed by atoms with E-state index in [1.165, 1.54) is 20.1 Å². The highest BCUT2D eigenvalue weighted by atomic mass is 19.1. The minimum atomic E-state index is -1.06. The van der Waals surface area contributed by atoms with Gasteiger partial charge in [-0.1, -0.05) is 0 Å². The first-order valence-corrected chi connectivity index (χ1v) is 5.27. The van der Waals surface area contributed by atoms with Gasteiger partial charge in [-0.15, -0.1) is 0 Å². The zero-order valence-corrected chi connectivity index (χ0v) is 10.4. The van der Waals surface area contributed by atoms with E-state index in [1.807, 2.05) is 0 Å². The van der Waals surface area contributed by atoms with Crippen LogP contribution in [-0.2, 0) is 9.53 Å². The maximum absolute atomic E-state index is 13.5. The van der Waals surface area contributed by atoms with Crippen molar-refractivity contribution in [2.75, 3.05) is 13.7 Å². The van der Waals surface area contributed by atoms with Crippen molar-refractivity contribution in [3.8, 4) is 5.75 Å². The first-order valence-electron chi connectivity index (χ1n) is 5.27. The van der Waals surface area contributed by atoms with E-state index >= 15 is 0 Å². The molecule has 0 spiro atoms. The molecule has 0 heterocycles. The van der Waals surface area contributed by atoms with Crippen molar-refractivity contribution in [1.82, 2.24) is 0 Å². The summed E-state index contributed by atoms with van der Waals surface area (Å²) in [4.78, 5) is 20.9. The number of hydrogen-bond acceptors (Lipinski definition) is 6. The Bertz CT molecular complexity index is 506. The second kappa shape index (κ2) is 6.10. The Morgan fingerprint density at radius 2 is 2.21 bits per heavy atom. The third kappa shape index (κ3) is 3.62. The van der Waals surface area contributed by atoms with Gasteiger partial charge in [0.1, 0.15) is 12.6 Å². The predicted octanol–water partition coefficient (Wildman–Crippen LogP) is 0.921. The molecule has 1 atom stereocenters. The smallest absolute Gasteiger partial charge is 0.326 e. The molecule has 19 heavy (non-hydrogen) atoms. The lowest BCUT2D eigenvalue weighted by atomic mass is 10.2. The maximum atomic E-state index is 13.5. The van der Waals surface area contributed by atoms with E-state index in [-0.39, 0.29) is 23.6 Å². The second-order valence-corrected chi connectivity index (χ2v) is 3.77. The Kier molecular flexibility index (Phi) is 4.76. The topological polar surface area (TPSA) is 105 Å². The molecule has 7 nitrogen and oxygen atoms in total. The lowest BCUT2D eigenvalue weighted by Crippen LogP contribution is -2.37. The summed E-state index contributed by atoms with van der Waals surface area (Å²) in [5, 5.41) is 10.6. The van der Waals surface area contributed by atoms with Crippen LogP contribution < -0.4 is 10.5 Å². The SMILES string of the molecule is COC(=O)C(N)COc1cc(C)c([N+](=O)[O-])cc1F. The van der Waals surface area contributed by atoms with Crippen LogP contribution in [0.5, 0.6) is 5.75 Å². The van der Waals surface area contributed by atoms with Gasteiger partial charge in [0.2, 0.25) is 0 Å². The van der Waals surface area contributed by atoms with Crippen molar-refractivity contribution in [2.45, 2.75) is 13.0 Å². The Morgan fingerprint density at radius 1 is 1.58 bits per heavy atom. The summed E-state index contributed by atoms with van der Waals surface area (Å²) in [6, 6.07) is 0.881. The molecule has 0 aromatic heterocycles. The highest BCUT2D eigenvalue weighted by Gasteiger charge is 2.19. The van der Waals surface area contributed by atoms with E-state index in [2.05, 4.69) is 4.74 Å². The van der Waals surface area contributed by atoms with Crippen molar-refractivity contribution in [3.63, 3.8) is 0 Å². The van der Waals surface area contributed by atoms with E-state index in [0.717, 1.165) is 6.07 Å². The molecule has 0 aliphatic rings. The molecule has 0 fully saturated rings. The molecule has 1 unspecified atom stereocenters. The molecule has 1 aromatic rings. The van der Waals surface area contributed by atoms with Crippen LogP contribution in [0, 0.1) is 22.9 Å². The molecular formula is C11H13FN2O5. The Morgan fingerprint density at radius 3 is 2.74 bits per heavy atom. The molecule has 2 N–H and O–H groups in total.